The quantitative estimate of drug-likeness (QED) is 0.609. The Morgan fingerprint density at radius 2 is 2.07 bits per heavy atom. The Hall–Kier alpha value is -0.610. The van der Waals surface area contributed by atoms with Crippen LogP contribution in [0.4, 0.5) is 0 Å². The molecule has 0 heterocycles. The minimum Gasteiger partial charge on any atom is -0.481 e. The number of carboxylic acid groups (broad SMARTS) is 1. The summed E-state index contributed by atoms with van der Waals surface area (Å²) >= 11 is 0. The van der Waals surface area contributed by atoms with Crippen molar-refractivity contribution in [2.45, 2.75) is 38.6 Å². The van der Waals surface area contributed by atoms with Crippen LogP contribution in [0.1, 0.15) is 33.1 Å². The Bertz CT molecular complexity index is 216. The minimum absolute atomic E-state index is 0.0999. The van der Waals surface area contributed by atoms with Gasteiger partial charge >= 0.3 is 5.97 Å². The lowest BCUT2D eigenvalue weighted by Crippen LogP contribution is -2.56. The van der Waals surface area contributed by atoms with Gasteiger partial charge in [0.2, 0.25) is 0 Å². The van der Waals surface area contributed by atoms with Crippen molar-refractivity contribution in [3.8, 4) is 0 Å². The van der Waals surface area contributed by atoms with Crippen molar-refractivity contribution < 1.29 is 15.0 Å². The summed E-state index contributed by atoms with van der Waals surface area (Å²) in [5.41, 5.74) is -0.968. The lowest BCUT2D eigenvalue weighted by atomic mass is 9.76. The molecule has 4 heteroatoms. The van der Waals surface area contributed by atoms with Crippen molar-refractivity contribution in [1.29, 1.82) is 0 Å². The van der Waals surface area contributed by atoms with Gasteiger partial charge in [0.15, 0.2) is 0 Å². The first kappa shape index (κ1) is 11.5. The van der Waals surface area contributed by atoms with Gasteiger partial charge in [0.25, 0.3) is 0 Å². The Morgan fingerprint density at radius 3 is 2.36 bits per heavy atom. The molecule has 1 fully saturated rings. The van der Waals surface area contributed by atoms with Gasteiger partial charge in [-0.2, -0.15) is 0 Å². The van der Waals surface area contributed by atoms with Gasteiger partial charge in [-0.25, -0.2) is 0 Å². The van der Waals surface area contributed by atoms with Gasteiger partial charge in [-0.3, -0.25) is 4.79 Å². The molecule has 0 aliphatic heterocycles. The van der Waals surface area contributed by atoms with E-state index in [1.807, 2.05) is 0 Å². The van der Waals surface area contributed by atoms with E-state index in [4.69, 9.17) is 10.2 Å². The predicted molar refractivity (Wildman–Crippen MR) is 53.1 cm³/mol. The van der Waals surface area contributed by atoms with Crippen molar-refractivity contribution in [2.24, 2.45) is 5.41 Å². The number of carboxylic acids is 1. The second-order valence-corrected chi connectivity index (χ2v) is 4.83. The summed E-state index contributed by atoms with van der Waals surface area (Å²) in [5, 5.41) is 21.2. The number of aliphatic hydroxyl groups is 1. The second-order valence-electron chi connectivity index (χ2n) is 4.83. The summed E-state index contributed by atoms with van der Waals surface area (Å²) in [6.45, 7) is 3.88. The number of aliphatic carboxylic acids is 1. The van der Waals surface area contributed by atoms with Gasteiger partial charge in [-0.05, 0) is 33.1 Å². The molecule has 1 aliphatic carbocycles. The fourth-order valence-electron chi connectivity index (χ4n) is 1.48. The molecule has 0 amide bonds. The maximum atomic E-state index is 10.8. The van der Waals surface area contributed by atoms with Crippen LogP contribution in [0.2, 0.25) is 0 Å². The van der Waals surface area contributed by atoms with Crippen molar-refractivity contribution >= 4 is 5.97 Å². The molecule has 0 spiro atoms. The van der Waals surface area contributed by atoms with Crippen molar-refractivity contribution in [3.63, 3.8) is 0 Å². The van der Waals surface area contributed by atoms with Crippen molar-refractivity contribution in [2.75, 3.05) is 13.2 Å². The number of aliphatic hydroxyl groups excluding tert-OH is 1. The molecule has 0 atom stereocenters. The van der Waals surface area contributed by atoms with Gasteiger partial charge in [-0.15, -0.1) is 0 Å². The second kappa shape index (κ2) is 3.87. The summed E-state index contributed by atoms with van der Waals surface area (Å²) < 4.78 is 0. The van der Waals surface area contributed by atoms with Crippen molar-refractivity contribution in [1.82, 2.24) is 5.32 Å². The van der Waals surface area contributed by atoms with Crippen LogP contribution in [-0.4, -0.2) is 34.9 Å². The van der Waals surface area contributed by atoms with Gasteiger partial charge < -0.3 is 15.5 Å². The number of carbonyl (C=O) groups is 1. The van der Waals surface area contributed by atoms with E-state index in [1.165, 1.54) is 0 Å². The van der Waals surface area contributed by atoms with Gasteiger partial charge in [0, 0.05) is 12.1 Å². The van der Waals surface area contributed by atoms with Crippen LogP contribution in [0.5, 0.6) is 0 Å². The molecule has 3 N–H and O–H groups in total. The average Bonchev–Trinajstić information content (AvgIpc) is 2.02. The molecule has 4 nitrogen and oxygen atoms in total. The number of nitrogens with one attached hydrogen (secondary N) is 1. The molecule has 1 aliphatic rings. The maximum absolute atomic E-state index is 10.8. The van der Waals surface area contributed by atoms with Gasteiger partial charge in [0.05, 0.1) is 12.0 Å². The first-order valence-electron chi connectivity index (χ1n) is 5.01. The fourth-order valence-corrected chi connectivity index (χ4v) is 1.48. The molecule has 14 heavy (non-hydrogen) atoms. The molecule has 0 aromatic carbocycles. The average molecular weight is 201 g/mol. The summed E-state index contributed by atoms with van der Waals surface area (Å²) in [5.74, 6) is -0.808. The molecule has 0 aromatic heterocycles. The lowest BCUT2D eigenvalue weighted by Gasteiger charge is -2.42. The topological polar surface area (TPSA) is 69.6 Å². The zero-order chi connectivity index (χ0) is 10.8. The summed E-state index contributed by atoms with van der Waals surface area (Å²) in [7, 11) is 0. The Labute approximate surface area is 84.3 Å². The van der Waals surface area contributed by atoms with Crippen LogP contribution in [-0.2, 0) is 4.79 Å². The van der Waals surface area contributed by atoms with Crippen LogP contribution in [0, 0.1) is 5.41 Å². The molecule has 1 saturated carbocycles. The molecule has 0 saturated heterocycles. The summed E-state index contributed by atoms with van der Waals surface area (Å²) in [4.78, 5) is 10.8. The molecule has 82 valence electrons. The monoisotopic (exact) mass is 201 g/mol. The van der Waals surface area contributed by atoms with Crippen LogP contribution in [0.25, 0.3) is 0 Å². The zero-order valence-corrected chi connectivity index (χ0v) is 8.84. The third kappa shape index (κ3) is 2.25. The van der Waals surface area contributed by atoms with E-state index in [1.54, 1.807) is 13.8 Å². The summed E-state index contributed by atoms with van der Waals surface area (Å²) in [6, 6.07) is 0. The smallest absolute Gasteiger partial charge is 0.310 e. The highest BCUT2D eigenvalue weighted by Gasteiger charge is 2.38. The Balaban J connectivity index is 2.43. The van der Waals surface area contributed by atoms with Gasteiger partial charge in [0.1, 0.15) is 0 Å². The Morgan fingerprint density at radius 1 is 1.50 bits per heavy atom. The standard InChI is InChI=1S/C10H19NO3/c1-9(2,8(13)14)6-11-10(7-12)4-3-5-10/h11-12H,3-7H2,1-2H3,(H,13,14). The number of hydrogen-bond donors (Lipinski definition) is 3. The van der Waals surface area contributed by atoms with E-state index in [-0.39, 0.29) is 12.1 Å². The van der Waals surface area contributed by atoms with E-state index >= 15 is 0 Å². The molecular formula is C10H19NO3. The zero-order valence-electron chi connectivity index (χ0n) is 8.84. The third-order valence-corrected chi connectivity index (χ3v) is 3.10. The van der Waals surface area contributed by atoms with E-state index in [9.17, 15) is 4.79 Å². The van der Waals surface area contributed by atoms with Crippen LogP contribution >= 0.6 is 0 Å². The highest BCUT2D eigenvalue weighted by Crippen LogP contribution is 2.32. The van der Waals surface area contributed by atoms with E-state index < -0.39 is 11.4 Å². The number of rotatable bonds is 5. The summed E-state index contributed by atoms with van der Waals surface area (Å²) in [6.07, 6.45) is 3.00. The SMILES string of the molecule is CC(C)(CNC1(CO)CCC1)C(=O)O. The lowest BCUT2D eigenvalue weighted by molar-refractivity contribution is -0.147. The number of hydrogen-bond acceptors (Lipinski definition) is 3. The molecule has 0 aromatic rings. The van der Waals surface area contributed by atoms with Gasteiger partial charge in [-0.1, -0.05) is 0 Å². The van der Waals surface area contributed by atoms with Crippen LogP contribution in [0.15, 0.2) is 0 Å². The minimum atomic E-state index is -0.808. The van der Waals surface area contributed by atoms with E-state index in [2.05, 4.69) is 5.32 Å². The van der Waals surface area contributed by atoms with Crippen LogP contribution in [0.3, 0.4) is 0 Å². The first-order valence-corrected chi connectivity index (χ1v) is 5.01. The van der Waals surface area contributed by atoms with Crippen LogP contribution < -0.4 is 5.32 Å². The largest absolute Gasteiger partial charge is 0.481 e. The third-order valence-electron chi connectivity index (χ3n) is 3.10. The maximum Gasteiger partial charge on any atom is 0.310 e. The van der Waals surface area contributed by atoms with E-state index in [0.29, 0.717) is 6.54 Å². The molecule has 0 radical (unpaired) electrons. The molecular weight excluding hydrogens is 182 g/mol. The normalized spacial score (nSPS) is 20.2. The fraction of sp³-hybridized carbons (Fsp3) is 0.900. The molecule has 0 bridgehead atoms. The highest BCUT2D eigenvalue weighted by atomic mass is 16.4. The Kier molecular flexibility index (Phi) is 3.17. The van der Waals surface area contributed by atoms with Crippen molar-refractivity contribution in [3.05, 3.63) is 0 Å². The van der Waals surface area contributed by atoms with E-state index in [0.717, 1.165) is 19.3 Å². The highest BCUT2D eigenvalue weighted by molar-refractivity contribution is 5.73. The predicted octanol–water partition coefficient (Wildman–Crippen LogP) is 0.602. The first-order chi connectivity index (χ1) is 6.42. The molecule has 1 rings (SSSR count). The molecule has 0 unspecified atom stereocenters.